The lowest BCUT2D eigenvalue weighted by atomic mass is 10.1. The molecule has 1 aliphatic heterocycles. The number of aryl methyl sites for hydroxylation is 1. The summed E-state index contributed by atoms with van der Waals surface area (Å²) in [4.78, 5) is 4.53. The van der Waals surface area contributed by atoms with Crippen LogP contribution in [-0.2, 0) is 19.3 Å². The van der Waals surface area contributed by atoms with Crippen LogP contribution in [0.1, 0.15) is 27.9 Å². The van der Waals surface area contributed by atoms with Crippen LogP contribution in [0.25, 0.3) is 11.0 Å². The smallest absolute Gasteiger partial charge is 0.416 e. The van der Waals surface area contributed by atoms with Crippen LogP contribution >= 0.6 is 12.4 Å². The number of fused-ring (bicyclic) bond motifs is 2. The third kappa shape index (κ3) is 4.37. The zero-order chi connectivity index (χ0) is 23.2. The van der Waals surface area contributed by atoms with Gasteiger partial charge in [-0.3, -0.25) is 4.98 Å². The molecule has 0 unspecified atom stereocenters. The molecule has 0 N–H and O–H groups in total. The van der Waals surface area contributed by atoms with Crippen molar-refractivity contribution in [3.63, 3.8) is 0 Å². The third-order valence-electron chi connectivity index (χ3n) is 5.91. The van der Waals surface area contributed by atoms with E-state index in [-0.39, 0.29) is 19.2 Å². The molecule has 5 nitrogen and oxygen atoms in total. The topological polar surface area (TPSA) is 45.5 Å². The van der Waals surface area contributed by atoms with Gasteiger partial charge in [-0.05, 0) is 54.8 Å². The first kappa shape index (κ1) is 23.8. The number of ether oxygens (including phenoxy) is 3. The summed E-state index contributed by atoms with van der Waals surface area (Å²) in [6, 6.07) is 12.7. The zero-order valence-corrected chi connectivity index (χ0v) is 19.3. The molecule has 1 aliphatic rings. The maximum Gasteiger partial charge on any atom is 0.416 e. The monoisotopic (exact) mass is 490 g/mol. The molecule has 0 saturated heterocycles. The van der Waals surface area contributed by atoms with Crippen LogP contribution in [0.2, 0.25) is 0 Å². The van der Waals surface area contributed by atoms with Gasteiger partial charge in [0.25, 0.3) is 0 Å². The highest BCUT2D eigenvalue weighted by Gasteiger charge is 2.30. The predicted molar refractivity (Wildman–Crippen MR) is 124 cm³/mol. The number of hydrogen-bond acceptors (Lipinski definition) is 4. The highest BCUT2D eigenvalue weighted by Crippen LogP contribution is 2.35. The Balaban J connectivity index is 0.00000274. The van der Waals surface area contributed by atoms with Gasteiger partial charge < -0.3 is 18.8 Å². The van der Waals surface area contributed by atoms with Crippen molar-refractivity contribution in [1.29, 1.82) is 0 Å². The molecule has 5 rings (SSSR count). The van der Waals surface area contributed by atoms with E-state index in [0.29, 0.717) is 30.4 Å². The van der Waals surface area contributed by atoms with Gasteiger partial charge in [0.15, 0.2) is 11.5 Å². The molecule has 0 bridgehead atoms. The van der Waals surface area contributed by atoms with Gasteiger partial charge in [-0.1, -0.05) is 18.2 Å². The van der Waals surface area contributed by atoms with E-state index in [0.717, 1.165) is 45.6 Å². The van der Waals surface area contributed by atoms with E-state index in [1.165, 1.54) is 12.1 Å². The van der Waals surface area contributed by atoms with Crippen molar-refractivity contribution < 1.29 is 27.4 Å². The fraction of sp³-hybridized carbons (Fsp3) is 0.240. The summed E-state index contributed by atoms with van der Waals surface area (Å²) in [5.74, 6) is 2.05. The van der Waals surface area contributed by atoms with Crippen LogP contribution in [0.3, 0.4) is 0 Å². The average molecular weight is 491 g/mol. The zero-order valence-electron chi connectivity index (χ0n) is 18.5. The molecular formula is C25H22ClF3N2O3. The van der Waals surface area contributed by atoms with Gasteiger partial charge in [-0.2, -0.15) is 13.2 Å². The number of benzene rings is 2. The summed E-state index contributed by atoms with van der Waals surface area (Å²) in [5.41, 5.74) is 4.63. The van der Waals surface area contributed by atoms with E-state index in [4.69, 9.17) is 14.2 Å². The van der Waals surface area contributed by atoms with Gasteiger partial charge in [0.2, 0.25) is 6.79 Å². The summed E-state index contributed by atoms with van der Waals surface area (Å²) in [7, 11) is 0. The molecule has 3 heterocycles. The lowest BCUT2D eigenvalue weighted by Gasteiger charge is -2.14. The van der Waals surface area contributed by atoms with Crippen LogP contribution in [0, 0.1) is 13.8 Å². The van der Waals surface area contributed by atoms with E-state index in [1.54, 1.807) is 12.3 Å². The van der Waals surface area contributed by atoms with Gasteiger partial charge in [0.05, 0.1) is 11.1 Å². The molecular weight excluding hydrogens is 469 g/mol. The highest BCUT2D eigenvalue weighted by atomic mass is 35.5. The molecule has 9 heteroatoms. The van der Waals surface area contributed by atoms with Crippen LogP contribution < -0.4 is 14.2 Å². The summed E-state index contributed by atoms with van der Waals surface area (Å²) in [6.07, 6.45) is -2.66. The lowest BCUT2D eigenvalue weighted by Crippen LogP contribution is -2.07. The molecule has 4 aromatic rings. The van der Waals surface area contributed by atoms with Gasteiger partial charge in [0.1, 0.15) is 17.9 Å². The number of rotatable bonds is 5. The second kappa shape index (κ2) is 9.10. The van der Waals surface area contributed by atoms with E-state index < -0.39 is 11.7 Å². The molecule has 0 atom stereocenters. The molecule has 34 heavy (non-hydrogen) atoms. The molecule has 178 valence electrons. The number of nitrogens with zero attached hydrogens (tertiary/aromatic N) is 2. The van der Waals surface area contributed by atoms with E-state index in [1.807, 2.05) is 36.6 Å². The second-order valence-corrected chi connectivity index (χ2v) is 7.97. The summed E-state index contributed by atoms with van der Waals surface area (Å²) >= 11 is 0. The Hall–Kier alpha value is -3.39. The summed E-state index contributed by atoms with van der Waals surface area (Å²) in [6.45, 7) is 4.89. The van der Waals surface area contributed by atoms with Gasteiger partial charge in [0, 0.05) is 24.5 Å². The average Bonchev–Trinajstić information content (AvgIpc) is 3.36. The first-order valence-electron chi connectivity index (χ1n) is 10.4. The van der Waals surface area contributed by atoms with Crippen LogP contribution in [-0.4, -0.2) is 16.3 Å². The minimum atomic E-state index is -4.36. The van der Waals surface area contributed by atoms with Crippen molar-refractivity contribution in [2.75, 3.05) is 6.79 Å². The Kier molecular flexibility index (Phi) is 6.36. The Labute approximate surface area is 200 Å². The minimum Gasteiger partial charge on any atom is -0.487 e. The number of halogens is 4. The van der Waals surface area contributed by atoms with Crippen molar-refractivity contribution in [2.45, 2.75) is 33.2 Å². The molecule has 2 aromatic carbocycles. The fourth-order valence-corrected chi connectivity index (χ4v) is 4.00. The minimum absolute atomic E-state index is 0. The predicted octanol–water partition coefficient (Wildman–Crippen LogP) is 6.45. The van der Waals surface area contributed by atoms with Crippen molar-refractivity contribution >= 4 is 23.4 Å². The first-order valence-corrected chi connectivity index (χ1v) is 10.4. The molecule has 0 aliphatic carbocycles. The van der Waals surface area contributed by atoms with Crippen molar-refractivity contribution in [1.82, 2.24) is 9.55 Å². The maximum atomic E-state index is 12.9. The Morgan fingerprint density at radius 1 is 0.971 bits per heavy atom. The number of alkyl halides is 3. The van der Waals surface area contributed by atoms with E-state index >= 15 is 0 Å². The van der Waals surface area contributed by atoms with Crippen LogP contribution in [0.5, 0.6) is 17.2 Å². The molecule has 0 spiro atoms. The largest absolute Gasteiger partial charge is 0.487 e. The lowest BCUT2D eigenvalue weighted by molar-refractivity contribution is -0.137. The maximum absolute atomic E-state index is 12.9. The quantitative estimate of drug-likeness (QED) is 0.322. The number of hydrogen-bond donors (Lipinski definition) is 0. The Morgan fingerprint density at radius 3 is 2.41 bits per heavy atom. The van der Waals surface area contributed by atoms with Gasteiger partial charge in [-0.25, -0.2) is 0 Å². The summed E-state index contributed by atoms with van der Waals surface area (Å²) in [5, 5.41) is 0. The van der Waals surface area contributed by atoms with Gasteiger partial charge >= 0.3 is 6.18 Å². The SMILES string of the molecule is Cc1c(C)n(Cc2ccc(C(F)(F)F)cc2)c2c(OCc3ccc4c(c3)OCO4)ccnc12.Cl. The van der Waals surface area contributed by atoms with E-state index in [9.17, 15) is 13.2 Å². The van der Waals surface area contributed by atoms with E-state index in [2.05, 4.69) is 4.98 Å². The highest BCUT2D eigenvalue weighted by molar-refractivity contribution is 5.86. The van der Waals surface area contributed by atoms with Crippen LogP contribution in [0.15, 0.2) is 54.7 Å². The van der Waals surface area contributed by atoms with Crippen molar-refractivity contribution in [3.8, 4) is 17.2 Å². The van der Waals surface area contributed by atoms with Crippen molar-refractivity contribution in [2.24, 2.45) is 0 Å². The summed E-state index contributed by atoms with van der Waals surface area (Å²) < 4.78 is 57.8. The normalized spacial score (nSPS) is 12.6. The van der Waals surface area contributed by atoms with Crippen molar-refractivity contribution in [3.05, 3.63) is 82.7 Å². The first-order chi connectivity index (χ1) is 15.8. The molecule has 0 fully saturated rings. The number of pyridine rings is 1. The molecule has 0 amide bonds. The standard InChI is InChI=1S/C25H21F3N2O3.ClH/c1-15-16(2)30(12-17-3-6-19(7-4-17)25(26,27)28)24-21(9-10-29-23(15)24)31-13-18-5-8-20-22(11-18)33-14-32-20;/h3-11H,12-14H2,1-2H3;1H. The molecule has 0 radical (unpaired) electrons. The number of aromatic nitrogens is 2. The van der Waals surface area contributed by atoms with Crippen LogP contribution in [0.4, 0.5) is 13.2 Å². The Morgan fingerprint density at radius 2 is 1.68 bits per heavy atom. The van der Waals surface area contributed by atoms with Gasteiger partial charge in [-0.15, -0.1) is 12.4 Å². The third-order valence-corrected chi connectivity index (χ3v) is 5.91. The Bertz CT molecular complexity index is 1330. The molecule has 0 saturated carbocycles. The second-order valence-electron chi connectivity index (χ2n) is 7.97. The molecule has 2 aromatic heterocycles. The fourth-order valence-electron chi connectivity index (χ4n) is 4.00.